The lowest BCUT2D eigenvalue weighted by Crippen LogP contribution is -2.57. The summed E-state index contributed by atoms with van der Waals surface area (Å²) < 4.78 is 5.55. The molecular formula is C21H26ClN5O2. The number of anilines is 1. The largest absolute Gasteiger partial charge is 0.351 e. The van der Waals surface area contributed by atoms with Gasteiger partial charge in [-0.05, 0) is 57.7 Å². The third kappa shape index (κ3) is 3.40. The van der Waals surface area contributed by atoms with Gasteiger partial charge >= 0.3 is 6.03 Å². The molecule has 2 bridgehead atoms. The Balaban J connectivity index is 1.53. The molecule has 2 aliphatic heterocycles. The maximum Gasteiger partial charge on any atom is 0.319 e. The molecule has 5 rings (SSSR count). The van der Waals surface area contributed by atoms with Crippen LogP contribution in [0.25, 0.3) is 11.5 Å². The predicted octanol–water partition coefficient (Wildman–Crippen LogP) is 4.17. The van der Waals surface area contributed by atoms with Crippen molar-refractivity contribution in [2.45, 2.75) is 69.0 Å². The highest BCUT2D eigenvalue weighted by Crippen LogP contribution is 2.43. The molecule has 1 aromatic carbocycles. The molecule has 154 valence electrons. The Bertz CT molecular complexity index is 914. The fraction of sp³-hybridized carbons (Fsp3) is 0.571. The van der Waals surface area contributed by atoms with Gasteiger partial charge in [-0.1, -0.05) is 29.2 Å². The normalized spacial score (nSPS) is 27.0. The summed E-state index contributed by atoms with van der Waals surface area (Å²) in [5.41, 5.74) is 7.16. The number of hydrogen-bond donors (Lipinski definition) is 1. The molecule has 3 heterocycles. The quantitative estimate of drug-likeness (QED) is 0.809. The average molecular weight is 416 g/mol. The minimum atomic E-state index is -0.469. The van der Waals surface area contributed by atoms with E-state index in [1.807, 2.05) is 12.1 Å². The van der Waals surface area contributed by atoms with Crippen molar-refractivity contribution >= 4 is 23.3 Å². The number of nitrogens with two attached hydrogens (primary N) is 1. The summed E-state index contributed by atoms with van der Waals surface area (Å²) in [6.07, 6.45) is 7.54. The van der Waals surface area contributed by atoms with Gasteiger partial charge in [0.15, 0.2) is 5.82 Å². The van der Waals surface area contributed by atoms with Gasteiger partial charge in [0, 0.05) is 24.0 Å². The number of benzene rings is 1. The van der Waals surface area contributed by atoms with Crippen molar-refractivity contribution in [3.05, 3.63) is 29.0 Å². The van der Waals surface area contributed by atoms with Crippen molar-refractivity contribution in [3.8, 4) is 11.5 Å². The number of halogens is 1. The average Bonchev–Trinajstić information content (AvgIpc) is 3.40. The van der Waals surface area contributed by atoms with E-state index in [-0.39, 0.29) is 6.04 Å². The standard InChI is InChI=1S/C21H26ClN5O2/c1-26-13-4-2-5-14(26)11-15(10-13)27(21(23)28)17-7-3-6-16(22)18(17)20-24-19(25-29-20)12-8-9-12/h3,6-7,12-15H,2,4-5,8-11H2,1H3,(H2,23,28). The molecule has 29 heavy (non-hydrogen) atoms. The first-order valence-corrected chi connectivity index (χ1v) is 10.8. The van der Waals surface area contributed by atoms with E-state index in [1.54, 1.807) is 11.0 Å². The summed E-state index contributed by atoms with van der Waals surface area (Å²) in [7, 11) is 2.20. The second-order valence-corrected chi connectivity index (χ2v) is 9.01. The van der Waals surface area contributed by atoms with Gasteiger partial charge in [0.05, 0.1) is 16.3 Å². The van der Waals surface area contributed by atoms with Gasteiger partial charge in [-0.25, -0.2) is 4.79 Å². The van der Waals surface area contributed by atoms with Crippen LogP contribution in [0.1, 0.15) is 56.7 Å². The van der Waals surface area contributed by atoms with E-state index in [1.165, 1.54) is 6.42 Å². The third-order valence-electron chi connectivity index (χ3n) is 6.77. The van der Waals surface area contributed by atoms with Crippen molar-refractivity contribution in [1.29, 1.82) is 0 Å². The zero-order chi connectivity index (χ0) is 20.1. The maximum absolute atomic E-state index is 12.6. The molecule has 3 aliphatic rings. The van der Waals surface area contributed by atoms with Crippen LogP contribution in [0, 0.1) is 0 Å². The van der Waals surface area contributed by atoms with Crippen molar-refractivity contribution in [2.24, 2.45) is 5.73 Å². The molecule has 2 atom stereocenters. The number of urea groups is 1. The molecule has 1 aliphatic carbocycles. The summed E-state index contributed by atoms with van der Waals surface area (Å²) in [4.78, 5) is 21.4. The molecule has 8 heteroatoms. The van der Waals surface area contributed by atoms with Gasteiger partial charge in [0.2, 0.25) is 0 Å². The van der Waals surface area contributed by atoms with Crippen LogP contribution in [0.5, 0.6) is 0 Å². The van der Waals surface area contributed by atoms with Gasteiger partial charge in [-0.15, -0.1) is 0 Å². The van der Waals surface area contributed by atoms with Crippen LogP contribution in [-0.4, -0.2) is 46.2 Å². The van der Waals surface area contributed by atoms with E-state index >= 15 is 0 Å². The lowest BCUT2D eigenvalue weighted by Gasteiger charge is -2.49. The summed E-state index contributed by atoms with van der Waals surface area (Å²) >= 11 is 6.56. The number of nitrogens with zero attached hydrogens (tertiary/aromatic N) is 4. The van der Waals surface area contributed by atoms with Crippen LogP contribution in [0.4, 0.5) is 10.5 Å². The molecule has 1 saturated carbocycles. The monoisotopic (exact) mass is 415 g/mol. The lowest BCUT2D eigenvalue weighted by atomic mass is 9.81. The number of rotatable bonds is 4. The lowest BCUT2D eigenvalue weighted by molar-refractivity contribution is 0.0564. The van der Waals surface area contributed by atoms with Crippen LogP contribution in [0.2, 0.25) is 5.02 Å². The van der Waals surface area contributed by atoms with E-state index in [2.05, 4.69) is 22.1 Å². The molecule has 3 fully saturated rings. The minimum Gasteiger partial charge on any atom is -0.351 e. The van der Waals surface area contributed by atoms with Crippen molar-refractivity contribution < 1.29 is 9.32 Å². The number of hydrogen-bond acceptors (Lipinski definition) is 5. The van der Waals surface area contributed by atoms with E-state index in [9.17, 15) is 4.79 Å². The first kappa shape index (κ1) is 18.9. The van der Waals surface area contributed by atoms with Crippen LogP contribution in [0.15, 0.2) is 22.7 Å². The van der Waals surface area contributed by atoms with Gasteiger partial charge in [0.1, 0.15) is 0 Å². The van der Waals surface area contributed by atoms with Crippen LogP contribution < -0.4 is 10.6 Å². The third-order valence-corrected chi connectivity index (χ3v) is 7.08. The summed E-state index contributed by atoms with van der Waals surface area (Å²) in [5, 5.41) is 4.60. The van der Waals surface area contributed by atoms with E-state index < -0.39 is 6.03 Å². The van der Waals surface area contributed by atoms with E-state index in [0.717, 1.165) is 38.5 Å². The second kappa shape index (κ2) is 7.29. The number of carbonyl (C=O) groups is 1. The smallest absolute Gasteiger partial charge is 0.319 e. The van der Waals surface area contributed by atoms with Gasteiger partial charge in [-0.2, -0.15) is 4.98 Å². The Kier molecular flexibility index (Phi) is 4.75. The van der Waals surface area contributed by atoms with Crippen LogP contribution >= 0.6 is 11.6 Å². The minimum absolute atomic E-state index is 0.0297. The van der Waals surface area contributed by atoms with Crippen molar-refractivity contribution in [2.75, 3.05) is 11.9 Å². The van der Waals surface area contributed by atoms with Crippen molar-refractivity contribution in [3.63, 3.8) is 0 Å². The predicted molar refractivity (Wildman–Crippen MR) is 111 cm³/mol. The van der Waals surface area contributed by atoms with Gasteiger partial charge in [0.25, 0.3) is 5.89 Å². The van der Waals surface area contributed by atoms with Crippen LogP contribution in [-0.2, 0) is 0 Å². The number of aromatic nitrogens is 2. The highest BCUT2D eigenvalue weighted by atomic mass is 35.5. The Hall–Kier alpha value is -2.12. The fourth-order valence-corrected chi connectivity index (χ4v) is 5.31. The highest BCUT2D eigenvalue weighted by molar-refractivity contribution is 6.34. The second-order valence-electron chi connectivity index (χ2n) is 8.60. The molecule has 0 radical (unpaired) electrons. The first-order chi connectivity index (χ1) is 14.0. The molecule has 2 amide bonds. The molecule has 0 spiro atoms. The zero-order valence-corrected chi connectivity index (χ0v) is 17.3. The van der Waals surface area contributed by atoms with Gasteiger partial charge in [-0.3, -0.25) is 4.90 Å². The Morgan fingerprint density at radius 3 is 2.62 bits per heavy atom. The number of fused-ring (bicyclic) bond motifs is 2. The summed E-state index contributed by atoms with van der Waals surface area (Å²) in [6.45, 7) is 0. The molecule has 7 nitrogen and oxygen atoms in total. The molecule has 1 aromatic heterocycles. The molecule has 2 saturated heterocycles. The Labute approximate surface area is 175 Å². The summed E-state index contributed by atoms with van der Waals surface area (Å²) in [6, 6.07) is 6.00. The molecule has 2 unspecified atom stereocenters. The van der Waals surface area contributed by atoms with Crippen molar-refractivity contribution in [1.82, 2.24) is 15.0 Å². The SMILES string of the molecule is CN1C2CCCC1CC(N(C(N)=O)c1cccc(Cl)c1-c1nc(C3CC3)no1)C2. The summed E-state index contributed by atoms with van der Waals surface area (Å²) in [5.74, 6) is 1.44. The first-order valence-electron chi connectivity index (χ1n) is 10.5. The fourth-order valence-electron chi connectivity index (χ4n) is 5.06. The molecule has 2 aromatic rings. The van der Waals surface area contributed by atoms with E-state index in [4.69, 9.17) is 21.9 Å². The molecule has 2 N–H and O–H groups in total. The zero-order valence-electron chi connectivity index (χ0n) is 16.6. The van der Waals surface area contributed by atoms with Gasteiger partial charge < -0.3 is 15.2 Å². The molecular weight excluding hydrogens is 390 g/mol. The topological polar surface area (TPSA) is 88.5 Å². The number of carbonyl (C=O) groups excluding carboxylic acids is 1. The van der Waals surface area contributed by atoms with Crippen LogP contribution in [0.3, 0.4) is 0 Å². The number of piperidine rings is 2. The highest BCUT2D eigenvalue weighted by Gasteiger charge is 2.40. The Morgan fingerprint density at radius 1 is 1.24 bits per heavy atom. The number of primary amides is 1. The Morgan fingerprint density at radius 2 is 1.97 bits per heavy atom. The number of amides is 2. The van der Waals surface area contributed by atoms with E-state index in [0.29, 0.717) is 46.0 Å². The maximum atomic E-state index is 12.6.